The first-order valence-electron chi connectivity index (χ1n) is 5.13. The van der Waals surface area contributed by atoms with Crippen molar-refractivity contribution < 1.29 is 0 Å². The maximum atomic E-state index is 5.87. The summed E-state index contributed by atoms with van der Waals surface area (Å²) < 4.78 is 1.72. The predicted molar refractivity (Wildman–Crippen MR) is 60.0 cm³/mol. The molecule has 0 aliphatic carbocycles. The van der Waals surface area contributed by atoms with Crippen molar-refractivity contribution in [1.82, 2.24) is 19.8 Å². The van der Waals surface area contributed by atoms with Crippen molar-refractivity contribution >= 4 is 16.3 Å². The molecular formula is C9H15N5S. The van der Waals surface area contributed by atoms with Crippen LogP contribution in [0.25, 0.3) is 4.96 Å². The number of hydrogen-bond donors (Lipinski definition) is 1. The van der Waals surface area contributed by atoms with Crippen LogP contribution in [0.1, 0.15) is 31.7 Å². The first kappa shape index (κ1) is 10.5. The summed E-state index contributed by atoms with van der Waals surface area (Å²) in [7, 11) is 0. The highest BCUT2D eigenvalue weighted by molar-refractivity contribution is 7.16. The number of hydrogen-bond acceptors (Lipinski definition) is 5. The molecular weight excluding hydrogens is 210 g/mol. The molecule has 82 valence electrons. The molecule has 6 heteroatoms. The normalized spacial score (nSPS) is 12.5. The van der Waals surface area contributed by atoms with E-state index in [1.807, 2.05) is 0 Å². The lowest BCUT2D eigenvalue weighted by Crippen LogP contribution is -2.33. The van der Waals surface area contributed by atoms with Crippen LogP contribution in [0.2, 0.25) is 0 Å². The molecule has 2 N–H and O–H groups in total. The summed E-state index contributed by atoms with van der Waals surface area (Å²) >= 11 is 1.58. The highest BCUT2D eigenvalue weighted by Gasteiger charge is 2.31. The summed E-state index contributed by atoms with van der Waals surface area (Å²) in [5.74, 6) is 0. The second-order valence-electron chi connectivity index (χ2n) is 3.66. The molecule has 0 saturated carbocycles. The lowest BCUT2D eigenvalue weighted by atomic mass is 9.83. The van der Waals surface area contributed by atoms with Crippen molar-refractivity contribution in [2.24, 2.45) is 5.73 Å². The zero-order valence-corrected chi connectivity index (χ0v) is 9.79. The zero-order chi connectivity index (χ0) is 10.9. The van der Waals surface area contributed by atoms with Crippen molar-refractivity contribution in [2.75, 3.05) is 6.54 Å². The van der Waals surface area contributed by atoms with E-state index in [1.54, 1.807) is 22.2 Å². The molecule has 0 atom stereocenters. The van der Waals surface area contributed by atoms with E-state index in [4.69, 9.17) is 5.73 Å². The van der Waals surface area contributed by atoms with E-state index in [-0.39, 0.29) is 5.41 Å². The Hall–Kier alpha value is -1.01. The van der Waals surface area contributed by atoms with Gasteiger partial charge in [0.25, 0.3) is 0 Å². The summed E-state index contributed by atoms with van der Waals surface area (Å²) in [6, 6.07) is 0. The summed E-state index contributed by atoms with van der Waals surface area (Å²) in [5, 5.41) is 13.3. The zero-order valence-electron chi connectivity index (χ0n) is 8.97. The molecule has 0 unspecified atom stereocenters. The third-order valence-corrected chi connectivity index (χ3v) is 4.24. The summed E-state index contributed by atoms with van der Waals surface area (Å²) in [6.45, 7) is 4.93. The Morgan fingerprint density at radius 2 is 2.20 bits per heavy atom. The molecule has 0 spiro atoms. The van der Waals surface area contributed by atoms with E-state index < -0.39 is 0 Å². The average Bonchev–Trinajstić information content (AvgIpc) is 2.82. The second kappa shape index (κ2) is 3.86. The van der Waals surface area contributed by atoms with E-state index in [9.17, 15) is 0 Å². The quantitative estimate of drug-likeness (QED) is 0.849. The van der Waals surface area contributed by atoms with Crippen molar-refractivity contribution in [3.63, 3.8) is 0 Å². The molecule has 0 aliphatic heterocycles. The third-order valence-electron chi connectivity index (χ3n) is 3.08. The van der Waals surface area contributed by atoms with E-state index in [1.165, 1.54) is 0 Å². The van der Waals surface area contributed by atoms with Gasteiger partial charge in [-0.3, -0.25) is 0 Å². The standard InChI is InChI=1S/C9H15N5S/c1-3-9(4-2,5-10)7-13-14-6-11-12-8(14)15-7/h6H,3-5,10H2,1-2H3. The van der Waals surface area contributed by atoms with E-state index >= 15 is 0 Å². The average molecular weight is 225 g/mol. The minimum absolute atomic E-state index is 0.00532. The van der Waals surface area contributed by atoms with Gasteiger partial charge in [-0.05, 0) is 12.8 Å². The molecule has 5 nitrogen and oxygen atoms in total. The fraction of sp³-hybridized carbons (Fsp3) is 0.667. The van der Waals surface area contributed by atoms with Crippen LogP contribution in [0.15, 0.2) is 6.33 Å². The number of fused-ring (bicyclic) bond motifs is 1. The molecule has 0 saturated heterocycles. The molecule has 2 rings (SSSR count). The Bertz CT molecular complexity index is 405. The van der Waals surface area contributed by atoms with Crippen molar-refractivity contribution in [3.05, 3.63) is 11.3 Å². The topological polar surface area (TPSA) is 69.1 Å². The van der Waals surface area contributed by atoms with Crippen LogP contribution in [0, 0.1) is 0 Å². The fourth-order valence-electron chi connectivity index (χ4n) is 1.70. The molecule has 2 heterocycles. The predicted octanol–water partition coefficient (Wildman–Crippen LogP) is 1.20. The van der Waals surface area contributed by atoms with Crippen LogP contribution in [-0.4, -0.2) is 26.4 Å². The highest BCUT2D eigenvalue weighted by atomic mass is 32.1. The Kier molecular flexibility index (Phi) is 2.70. The molecule has 2 aromatic heterocycles. The molecule has 0 fully saturated rings. The molecule has 0 aliphatic rings. The molecule has 2 aromatic rings. The van der Waals surface area contributed by atoms with Gasteiger partial charge in [0.15, 0.2) is 0 Å². The Balaban J connectivity index is 2.47. The number of nitrogens with zero attached hydrogens (tertiary/aromatic N) is 4. The Morgan fingerprint density at radius 3 is 2.73 bits per heavy atom. The van der Waals surface area contributed by atoms with Crippen molar-refractivity contribution in [3.8, 4) is 0 Å². The molecule has 0 amide bonds. The van der Waals surface area contributed by atoms with Gasteiger partial charge >= 0.3 is 0 Å². The van der Waals surface area contributed by atoms with Gasteiger partial charge in [0.05, 0.1) is 0 Å². The van der Waals surface area contributed by atoms with Gasteiger partial charge in [-0.2, -0.15) is 9.61 Å². The van der Waals surface area contributed by atoms with Gasteiger partial charge in [-0.25, -0.2) is 0 Å². The SMILES string of the molecule is CCC(CC)(CN)c1nn2cnnc2s1. The maximum absolute atomic E-state index is 5.87. The highest BCUT2D eigenvalue weighted by Crippen LogP contribution is 2.33. The third kappa shape index (κ3) is 1.53. The van der Waals surface area contributed by atoms with Crippen LogP contribution in [0.5, 0.6) is 0 Å². The van der Waals surface area contributed by atoms with Crippen LogP contribution in [-0.2, 0) is 5.41 Å². The van der Waals surface area contributed by atoms with Gasteiger partial charge in [-0.15, -0.1) is 10.2 Å². The minimum atomic E-state index is 0.00532. The van der Waals surface area contributed by atoms with E-state index in [0.717, 1.165) is 22.8 Å². The lowest BCUT2D eigenvalue weighted by molar-refractivity contribution is 0.400. The first-order chi connectivity index (χ1) is 7.25. The largest absolute Gasteiger partial charge is 0.329 e. The van der Waals surface area contributed by atoms with Gasteiger partial charge in [-0.1, -0.05) is 25.2 Å². The number of rotatable bonds is 4. The molecule has 0 bridgehead atoms. The molecule has 0 radical (unpaired) electrons. The van der Waals surface area contributed by atoms with Crippen LogP contribution < -0.4 is 5.73 Å². The van der Waals surface area contributed by atoms with Gasteiger partial charge in [0, 0.05) is 12.0 Å². The monoisotopic (exact) mass is 225 g/mol. The van der Waals surface area contributed by atoms with Gasteiger partial charge in [0.1, 0.15) is 11.3 Å². The molecule has 15 heavy (non-hydrogen) atoms. The van der Waals surface area contributed by atoms with E-state index in [2.05, 4.69) is 29.1 Å². The summed E-state index contributed by atoms with van der Waals surface area (Å²) in [5.41, 5.74) is 5.88. The van der Waals surface area contributed by atoms with Crippen molar-refractivity contribution in [1.29, 1.82) is 0 Å². The fourth-order valence-corrected chi connectivity index (χ4v) is 2.86. The Morgan fingerprint density at radius 1 is 1.47 bits per heavy atom. The van der Waals surface area contributed by atoms with Gasteiger partial charge < -0.3 is 5.73 Å². The smallest absolute Gasteiger partial charge is 0.234 e. The second-order valence-corrected chi connectivity index (χ2v) is 4.61. The summed E-state index contributed by atoms with van der Waals surface area (Å²) in [4.78, 5) is 0.838. The first-order valence-corrected chi connectivity index (χ1v) is 5.95. The Labute approximate surface area is 92.3 Å². The maximum Gasteiger partial charge on any atom is 0.234 e. The van der Waals surface area contributed by atoms with E-state index in [0.29, 0.717) is 6.54 Å². The van der Waals surface area contributed by atoms with Crippen LogP contribution in [0.4, 0.5) is 0 Å². The number of aromatic nitrogens is 4. The molecule has 0 aromatic carbocycles. The van der Waals surface area contributed by atoms with Crippen LogP contribution in [0.3, 0.4) is 0 Å². The lowest BCUT2D eigenvalue weighted by Gasteiger charge is -2.26. The van der Waals surface area contributed by atoms with Crippen LogP contribution >= 0.6 is 11.3 Å². The van der Waals surface area contributed by atoms with Gasteiger partial charge in [0.2, 0.25) is 4.96 Å². The van der Waals surface area contributed by atoms with Crippen molar-refractivity contribution in [2.45, 2.75) is 32.1 Å². The summed E-state index contributed by atoms with van der Waals surface area (Å²) in [6.07, 6.45) is 3.64. The minimum Gasteiger partial charge on any atom is -0.329 e. The number of nitrogens with two attached hydrogens (primary N) is 1.